The van der Waals surface area contributed by atoms with Crippen LogP contribution >= 0.6 is 24.0 Å². The van der Waals surface area contributed by atoms with Gasteiger partial charge < -0.3 is 10.6 Å². The molecule has 126 valence electrons. The molecule has 0 aromatic rings. The molecule has 0 aromatic heterocycles. The molecule has 0 bridgehead atoms. The van der Waals surface area contributed by atoms with E-state index >= 15 is 0 Å². The number of hydrogen-bond acceptors (Lipinski definition) is 2. The van der Waals surface area contributed by atoms with Gasteiger partial charge in [0.15, 0.2) is 5.96 Å². The number of aliphatic imine (C=N–C) groups is 1. The zero-order valence-corrected chi connectivity index (χ0v) is 16.7. The summed E-state index contributed by atoms with van der Waals surface area (Å²) in [5.41, 5.74) is 0. The van der Waals surface area contributed by atoms with Gasteiger partial charge >= 0.3 is 0 Å². The summed E-state index contributed by atoms with van der Waals surface area (Å²) in [6.45, 7) is 11.2. The highest BCUT2D eigenvalue weighted by molar-refractivity contribution is 14.0. The van der Waals surface area contributed by atoms with Crippen LogP contribution in [0.2, 0.25) is 0 Å². The van der Waals surface area contributed by atoms with Crippen LogP contribution in [0.4, 0.5) is 0 Å². The number of likely N-dealkylation sites (tertiary alicyclic amines) is 1. The van der Waals surface area contributed by atoms with Gasteiger partial charge in [0.2, 0.25) is 0 Å². The lowest BCUT2D eigenvalue weighted by Crippen LogP contribution is -2.46. The Labute approximate surface area is 148 Å². The molecule has 0 radical (unpaired) electrons. The first-order chi connectivity index (χ1) is 9.67. The monoisotopic (exact) mass is 410 g/mol. The number of hydrogen-bond donors (Lipinski definition) is 2. The molecule has 1 fully saturated rings. The fourth-order valence-corrected chi connectivity index (χ4v) is 2.83. The van der Waals surface area contributed by atoms with Crippen LogP contribution < -0.4 is 10.6 Å². The van der Waals surface area contributed by atoms with E-state index in [0.29, 0.717) is 0 Å². The quantitative estimate of drug-likeness (QED) is 0.385. The highest BCUT2D eigenvalue weighted by Gasteiger charge is 2.19. The topological polar surface area (TPSA) is 39.7 Å². The van der Waals surface area contributed by atoms with Gasteiger partial charge in [-0.05, 0) is 38.1 Å². The first-order valence-electron chi connectivity index (χ1n) is 8.36. The number of halogens is 1. The Morgan fingerprint density at radius 1 is 1.24 bits per heavy atom. The third-order valence-corrected chi connectivity index (χ3v) is 4.15. The predicted octanol–water partition coefficient (Wildman–Crippen LogP) is 3.08. The molecule has 0 amide bonds. The number of piperidine rings is 1. The van der Waals surface area contributed by atoms with E-state index in [1.54, 1.807) is 0 Å². The van der Waals surface area contributed by atoms with Crippen molar-refractivity contribution in [2.45, 2.75) is 58.9 Å². The van der Waals surface area contributed by atoms with Crippen molar-refractivity contribution in [3.05, 3.63) is 0 Å². The Bertz CT molecular complexity index is 281. The molecule has 1 rings (SSSR count). The predicted molar refractivity (Wildman–Crippen MR) is 104 cm³/mol. The minimum Gasteiger partial charge on any atom is -0.356 e. The normalized spacial score (nSPS) is 20.2. The molecule has 0 spiro atoms. The minimum atomic E-state index is 0. The largest absolute Gasteiger partial charge is 0.356 e. The van der Waals surface area contributed by atoms with Crippen LogP contribution in [0.1, 0.15) is 52.9 Å². The standard InChI is InChI=1S/C16H34N4.HI/c1-5-15-8-6-7-12-20(15)13-11-19-16(17-4)18-10-9-14(2)3;/h14-15H,5-13H2,1-4H3,(H2,17,18,19);1H. The van der Waals surface area contributed by atoms with Crippen molar-refractivity contribution in [1.29, 1.82) is 0 Å². The Balaban J connectivity index is 0.00000400. The van der Waals surface area contributed by atoms with Crippen LogP contribution in [0.5, 0.6) is 0 Å². The lowest BCUT2D eigenvalue weighted by Gasteiger charge is -2.35. The maximum Gasteiger partial charge on any atom is 0.191 e. The van der Waals surface area contributed by atoms with Crippen LogP contribution in [-0.4, -0.2) is 50.1 Å². The molecular formula is C16H35IN4. The molecule has 1 saturated heterocycles. The van der Waals surface area contributed by atoms with Gasteiger partial charge in [-0.15, -0.1) is 24.0 Å². The fraction of sp³-hybridized carbons (Fsp3) is 0.938. The fourth-order valence-electron chi connectivity index (χ4n) is 2.83. The average Bonchev–Trinajstić information content (AvgIpc) is 2.45. The molecule has 4 nitrogen and oxygen atoms in total. The van der Waals surface area contributed by atoms with Gasteiger partial charge in [0.1, 0.15) is 0 Å². The molecule has 0 aliphatic carbocycles. The van der Waals surface area contributed by atoms with E-state index < -0.39 is 0 Å². The van der Waals surface area contributed by atoms with Crippen molar-refractivity contribution in [2.24, 2.45) is 10.9 Å². The van der Waals surface area contributed by atoms with E-state index in [4.69, 9.17) is 0 Å². The molecule has 1 aliphatic heterocycles. The third-order valence-electron chi connectivity index (χ3n) is 4.15. The van der Waals surface area contributed by atoms with Gasteiger partial charge in [0.25, 0.3) is 0 Å². The van der Waals surface area contributed by atoms with Gasteiger partial charge in [-0.2, -0.15) is 0 Å². The van der Waals surface area contributed by atoms with Crippen LogP contribution in [0.3, 0.4) is 0 Å². The summed E-state index contributed by atoms with van der Waals surface area (Å²) in [6, 6.07) is 0.793. The summed E-state index contributed by atoms with van der Waals surface area (Å²) in [5.74, 6) is 1.68. The van der Waals surface area contributed by atoms with E-state index in [0.717, 1.165) is 37.6 Å². The molecule has 5 heteroatoms. The molecule has 1 unspecified atom stereocenters. The van der Waals surface area contributed by atoms with Gasteiger partial charge in [-0.25, -0.2) is 0 Å². The maximum absolute atomic E-state index is 4.28. The molecule has 1 aliphatic rings. The van der Waals surface area contributed by atoms with Gasteiger partial charge in [-0.1, -0.05) is 27.2 Å². The van der Waals surface area contributed by atoms with Crippen molar-refractivity contribution in [1.82, 2.24) is 15.5 Å². The van der Waals surface area contributed by atoms with Crippen molar-refractivity contribution in [2.75, 3.05) is 33.2 Å². The van der Waals surface area contributed by atoms with Crippen LogP contribution in [0, 0.1) is 5.92 Å². The number of guanidine groups is 1. The van der Waals surface area contributed by atoms with E-state index in [2.05, 4.69) is 41.3 Å². The SMILES string of the molecule is CCC1CCCCN1CCNC(=NC)NCCC(C)C.I. The summed E-state index contributed by atoms with van der Waals surface area (Å²) in [7, 11) is 1.85. The number of nitrogens with zero attached hydrogens (tertiary/aromatic N) is 2. The van der Waals surface area contributed by atoms with Crippen LogP contribution in [0.25, 0.3) is 0 Å². The molecule has 2 N–H and O–H groups in total. The molecular weight excluding hydrogens is 375 g/mol. The van der Waals surface area contributed by atoms with Gasteiger partial charge in [0, 0.05) is 32.7 Å². The zero-order valence-electron chi connectivity index (χ0n) is 14.3. The second kappa shape index (κ2) is 12.5. The first-order valence-corrected chi connectivity index (χ1v) is 8.36. The highest BCUT2D eigenvalue weighted by atomic mass is 127. The van der Waals surface area contributed by atoms with E-state index in [1.165, 1.54) is 38.6 Å². The number of rotatable bonds is 7. The highest BCUT2D eigenvalue weighted by Crippen LogP contribution is 2.18. The Kier molecular flexibility index (Phi) is 12.5. The second-order valence-electron chi connectivity index (χ2n) is 6.20. The first kappa shape index (κ1) is 21.0. The molecule has 0 saturated carbocycles. The van der Waals surface area contributed by atoms with Crippen molar-refractivity contribution >= 4 is 29.9 Å². The Morgan fingerprint density at radius 2 is 1.95 bits per heavy atom. The molecule has 0 aromatic carbocycles. The lowest BCUT2D eigenvalue weighted by molar-refractivity contribution is 0.147. The summed E-state index contributed by atoms with van der Waals surface area (Å²) >= 11 is 0. The van der Waals surface area contributed by atoms with E-state index in [-0.39, 0.29) is 24.0 Å². The van der Waals surface area contributed by atoms with Crippen LogP contribution in [0.15, 0.2) is 4.99 Å². The van der Waals surface area contributed by atoms with Gasteiger partial charge in [-0.3, -0.25) is 9.89 Å². The summed E-state index contributed by atoms with van der Waals surface area (Å²) in [6.07, 6.45) is 6.60. The van der Waals surface area contributed by atoms with E-state index in [9.17, 15) is 0 Å². The van der Waals surface area contributed by atoms with Crippen molar-refractivity contribution in [3.63, 3.8) is 0 Å². The smallest absolute Gasteiger partial charge is 0.191 e. The Morgan fingerprint density at radius 3 is 2.57 bits per heavy atom. The Hall–Kier alpha value is -0.0400. The van der Waals surface area contributed by atoms with Gasteiger partial charge in [0.05, 0.1) is 0 Å². The van der Waals surface area contributed by atoms with E-state index in [1.807, 2.05) is 7.05 Å². The van der Waals surface area contributed by atoms with Crippen molar-refractivity contribution in [3.8, 4) is 0 Å². The minimum absolute atomic E-state index is 0. The molecule has 21 heavy (non-hydrogen) atoms. The lowest BCUT2D eigenvalue weighted by atomic mass is 10.0. The average molecular weight is 410 g/mol. The number of nitrogens with one attached hydrogen (secondary N) is 2. The third kappa shape index (κ3) is 8.86. The summed E-state index contributed by atoms with van der Waals surface area (Å²) < 4.78 is 0. The molecule has 1 atom stereocenters. The summed E-state index contributed by atoms with van der Waals surface area (Å²) in [4.78, 5) is 6.92. The summed E-state index contributed by atoms with van der Waals surface area (Å²) in [5, 5.41) is 6.82. The zero-order chi connectivity index (χ0) is 14.8. The second-order valence-corrected chi connectivity index (χ2v) is 6.20. The van der Waals surface area contributed by atoms with Crippen LogP contribution in [-0.2, 0) is 0 Å². The maximum atomic E-state index is 4.28. The van der Waals surface area contributed by atoms with Crippen molar-refractivity contribution < 1.29 is 0 Å². The molecule has 1 heterocycles.